The Morgan fingerprint density at radius 1 is 1.14 bits per heavy atom. The van der Waals surface area contributed by atoms with Crippen molar-refractivity contribution in [3.8, 4) is 0 Å². The van der Waals surface area contributed by atoms with Crippen molar-refractivity contribution in [2.75, 3.05) is 11.9 Å². The van der Waals surface area contributed by atoms with Crippen molar-refractivity contribution >= 4 is 28.6 Å². The molecule has 0 saturated heterocycles. The van der Waals surface area contributed by atoms with E-state index in [0.717, 1.165) is 6.54 Å². The maximum Gasteiger partial charge on any atom is 0.260 e. The Labute approximate surface area is 133 Å². The van der Waals surface area contributed by atoms with E-state index in [1.54, 1.807) is 17.8 Å². The normalized spacial score (nSPS) is 12.2. The van der Waals surface area contributed by atoms with Crippen molar-refractivity contribution in [1.82, 2.24) is 9.97 Å². The molecular formula is C17H17N3OS. The lowest BCUT2D eigenvalue weighted by atomic mass is 10.2. The molecule has 1 heterocycles. The number of nitrogens with zero attached hydrogens (tertiary/aromatic N) is 1. The van der Waals surface area contributed by atoms with Gasteiger partial charge in [-0.25, -0.2) is 4.98 Å². The average Bonchev–Trinajstić information content (AvgIpc) is 2.54. The van der Waals surface area contributed by atoms with Gasteiger partial charge >= 0.3 is 0 Å². The summed E-state index contributed by atoms with van der Waals surface area (Å²) in [4.78, 5) is 20.4. The van der Waals surface area contributed by atoms with E-state index in [1.807, 2.05) is 36.4 Å². The molecule has 5 heteroatoms. The Hall–Kier alpha value is -2.27. The molecule has 2 N–H and O–H groups in total. The standard InChI is InChI=1S/C17H17N3OS/c1-12(22-13-7-3-2-4-8-13)11-18-17-19-15-10-6-5-9-14(15)16(21)20-17/h2-10,12H,11H2,1H3,(H2,18,19,20,21). The predicted octanol–water partition coefficient (Wildman–Crippen LogP) is 3.52. The number of nitrogens with one attached hydrogen (secondary N) is 2. The second-order valence-electron chi connectivity index (χ2n) is 5.05. The summed E-state index contributed by atoms with van der Waals surface area (Å²) in [5.74, 6) is 0.518. The van der Waals surface area contributed by atoms with Gasteiger partial charge in [-0.1, -0.05) is 37.3 Å². The van der Waals surface area contributed by atoms with Gasteiger partial charge in [-0.05, 0) is 24.3 Å². The van der Waals surface area contributed by atoms with E-state index in [2.05, 4.69) is 34.3 Å². The van der Waals surface area contributed by atoms with Crippen molar-refractivity contribution in [2.45, 2.75) is 17.1 Å². The lowest BCUT2D eigenvalue weighted by Crippen LogP contribution is -2.18. The van der Waals surface area contributed by atoms with Gasteiger partial charge in [-0.15, -0.1) is 11.8 Å². The van der Waals surface area contributed by atoms with E-state index in [0.29, 0.717) is 22.1 Å². The van der Waals surface area contributed by atoms with E-state index in [-0.39, 0.29) is 5.56 Å². The zero-order chi connectivity index (χ0) is 15.4. The van der Waals surface area contributed by atoms with Crippen molar-refractivity contribution in [1.29, 1.82) is 0 Å². The predicted molar refractivity (Wildman–Crippen MR) is 92.6 cm³/mol. The highest BCUT2D eigenvalue weighted by atomic mass is 32.2. The molecule has 3 rings (SSSR count). The number of aromatic nitrogens is 2. The van der Waals surface area contributed by atoms with E-state index < -0.39 is 0 Å². The Kier molecular flexibility index (Phi) is 4.44. The van der Waals surface area contributed by atoms with Crippen LogP contribution in [0.25, 0.3) is 10.9 Å². The minimum Gasteiger partial charge on any atom is -0.355 e. The van der Waals surface area contributed by atoms with Gasteiger partial charge < -0.3 is 5.32 Å². The van der Waals surface area contributed by atoms with E-state index in [4.69, 9.17) is 0 Å². The molecule has 2 aromatic carbocycles. The fraction of sp³-hybridized carbons (Fsp3) is 0.176. The number of hydrogen-bond acceptors (Lipinski definition) is 4. The third-order valence-corrected chi connectivity index (χ3v) is 4.36. The molecule has 0 aliphatic rings. The maximum atomic E-state index is 12.0. The van der Waals surface area contributed by atoms with Crippen LogP contribution < -0.4 is 10.9 Å². The zero-order valence-electron chi connectivity index (χ0n) is 12.2. The van der Waals surface area contributed by atoms with Crippen molar-refractivity contribution in [3.63, 3.8) is 0 Å². The molecule has 0 aliphatic heterocycles. The summed E-state index contributed by atoms with van der Waals surface area (Å²) in [5, 5.41) is 4.18. The van der Waals surface area contributed by atoms with Gasteiger partial charge in [0, 0.05) is 16.7 Å². The summed E-state index contributed by atoms with van der Waals surface area (Å²) in [6.07, 6.45) is 0. The van der Waals surface area contributed by atoms with Gasteiger partial charge in [0.15, 0.2) is 0 Å². The maximum absolute atomic E-state index is 12.0. The Bertz CT molecular complexity index is 817. The van der Waals surface area contributed by atoms with Crippen LogP contribution in [0.5, 0.6) is 0 Å². The van der Waals surface area contributed by atoms with Crippen LogP contribution in [-0.4, -0.2) is 21.8 Å². The van der Waals surface area contributed by atoms with Crippen LogP contribution in [-0.2, 0) is 0 Å². The van der Waals surface area contributed by atoms with Gasteiger partial charge in [-0.2, -0.15) is 0 Å². The SMILES string of the molecule is CC(CNc1nc2ccccc2c(=O)[nH]1)Sc1ccccc1. The second-order valence-corrected chi connectivity index (χ2v) is 6.57. The molecular weight excluding hydrogens is 294 g/mol. The first-order valence-electron chi connectivity index (χ1n) is 7.17. The molecule has 0 spiro atoms. The molecule has 4 nitrogen and oxygen atoms in total. The number of anilines is 1. The monoisotopic (exact) mass is 311 g/mol. The Balaban J connectivity index is 1.67. The van der Waals surface area contributed by atoms with E-state index in [9.17, 15) is 4.79 Å². The molecule has 3 aromatic rings. The van der Waals surface area contributed by atoms with Crippen LogP contribution in [0.15, 0.2) is 64.3 Å². The number of rotatable bonds is 5. The van der Waals surface area contributed by atoms with Crippen LogP contribution in [0, 0.1) is 0 Å². The minimum absolute atomic E-state index is 0.114. The molecule has 0 fully saturated rings. The number of hydrogen-bond donors (Lipinski definition) is 2. The largest absolute Gasteiger partial charge is 0.355 e. The third kappa shape index (κ3) is 3.49. The van der Waals surface area contributed by atoms with Crippen LogP contribution in [0.4, 0.5) is 5.95 Å². The van der Waals surface area contributed by atoms with Gasteiger partial charge in [-0.3, -0.25) is 9.78 Å². The number of aromatic amines is 1. The third-order valence-electron chi connectivity index (χ3n) is 3.25. The Morgan fingerprint density at radius 3 is 2.68 bits per heavy atom. The van der Waals surface area contributed by atoms with E-state index in [1.165, 1.54) is 4.90 Å². The highest BCUT2D eigenvalue weighted by Crippen LogP contribution is 2.22. The molecule has 112 valence electrons. The summed E-state index contributed by atoms with van der Waals surface area (Å²) in [6, 6.07) is 17.6. The highest BCUT2D eigenvalue weighted by molar-refractivity contribution is 8.00. The number of benzene rings is 2. The van der Waals surface area contributed by atoms with Gasteiger partial charge in [0.2, 0.25) is 5.95 Å². The highest BCUT2D eigenvalue weighted by Gasteiger charge is 2.06. The molecule has 0 aliphatic carbocycles. The molecule has 0 amide bonds. The fourth-order valence-corrected chi connectivity index (χ4v) is 3.13. The quantitative estimate of drug-likeness (QED) is 0.708. The van der Waals surface area contributed by atoms with Crippen molar-refractivity contribution in [2.24, 2.45) is 0 Å². The second kappa shape index (κ2) is 6.66. The summed E-state index contributed by atoms with van der Waals surface area (Å²) in [5.41, 5.74) is 0.591. The van der Waals surface area contributed by atoms with Crippen molar-refractivity contribution < 1.29 is 0 Å². The van der Waals surface area contributed by atoms with Crippen LogP contribution in [0.2, 0.25) is 0 Å². The zero-order valence-corrected chi connectivity index (χ0v) is 13.1. The lowest BCUT2D eigenvalue weighted by Gasteiger charge is -2.12. The molecule has 0 bridgehead atoms. The van der Waals surface area contributed by atoms with Crippen LogP contribution in [0.1, 0.15) is 6.92 Å². The topological polar surface area (TPSA) is 57.8 Å². The fourth-order valence-electron chi connectivity index (χ4n) is 2.18. The molecule has 1 unspecified atom stereocenters. The smallest absolute Gasteiger partial charge is 0.260 e. The average molecular weight is 311 g/mol. The van der Waals surface area contributed by atoms with Crippen molar-refractivity contribution in [3.05, 3.63) is 65.0 Å². The molecule has 1 aromatic heterocycles. The molecule has 0 radical (unpaired) electrons. The summed E-state index contributed by atoms with van der Waals surface area (Å²) in [7, 11) is 0. The Morgan fingerprint density at radius 2 is 1.86 bits per heavy atom. The number of fused-ring (bicyclic) bond motifs is 1. The summed E-state index contributed by atoms with van der Waals surface area (Å²) >= 11 is 1.79. The molecule has 22 heavy (non-hydrogen) atoms. The van der Waals surface area contributed by atoms with Crippen LogP contribution >= 0.6 is 11.8 Å². The molecule has 1 atom stereocenters. The van der Waals surface area contributed by atoms with E-state index >= 15 is 0 Å². The first-order valence-corrected chi connectivity index (χ1v) is 8.05. The first kappa shape index (κ1) is 14.7. The summed E-state index contributed by atoms with van der Waals surface area (Å²) < 4.78 is 0. The number of para-hydroxylation sites is 1. The van der Waals surface area contributed by atoms with Gasteiger partial charge in [0.1, 0.15) is 0 Å². The minimum atomic E-state index is -0.114. The molecule has 0 saturated carbocycles. The van der Waals surface area contributed by atoms with Gasteiger partial charge in [0.25, 0.3) is 5.56 Å². The number of H-pyrrole nitrogens is 1. The first-order chi connectivity index (χ1) is 10.7. The van der Waals surface area contributed by atoms with Crippen LogP contribution in [0.3, 0.4) is 0 Å². The van der Waals surface area contributed by atoms with Gasteiger partial charge in [0.05, 0.1) is 10.9 Å². The number of thioether (sulfide) groups is 1. The summed E-state index contributed by atoms with van der Waals surface area (Å²) in [6.45, 7) is 2.87. The lowest BCUT2D eigenvalue weighted by molar-refractivity contribution is 0.969.